The van der Waals surface area contributed by atoms with Gasteiger partial charge in [-0.3, -0.25) is 14.2 Å². The predicted molar refractivity (Wildman–Crippen MR) is 105 cm³/mol. The van der Waals surface area contributed by atoms with Crippen molar-refractivity contribution in [3.63, 3.8) is 0 Å². The van der Waals surface area contributed by atoms with Gasteiger partial charge in [-0.1, -0.05) is 43.3 Å². The van der Waals surface area contributed by atoms with Crippen molar-refractivity contribution in [2.24, 2.45) is 5.92 Å². The van der Waals surface area contributed by atoms with Crippen molar-refractivity contribution < 1.29 is 14.3 Å². The molecule has 0 saturated heterocycles. The van der Waals surface area contributed by atoms with Crippen molar-refractivity contribution in [3.05, 3.63) is 35.1 Å². The third-order valence-corrected chi connectivity index (χ3v) is 4.95. The molecule has 1 atom stereocenters. The van der Waals surface area contributed by atoms with Gasteiger partial charge in [-0.2, -0.15) is 0 Å². The smallest absolute Gasteiger partial charge is 0.317 e. The van der Waals surface area contributed by atoms with E-state index in [1.165, 1.54) is 11.8 Å². The van der Waals surface area contributed by atoms with Gasteiger partial charge in [-0.15, -0.1) is 10.2 Å². The summed E-state index contributed by atoms with van der Waals surface area (Å²) in [4.78, 5) is 23.9. The van der Waals surface area contributed by atoms with E-state index in [4.69, 9.17) is 16.3 Å². The Bertz CT molecular complexity index is 810. The number of benzene rings is 1. The molecule has 27 heavy (non-hydrogen) atoms. The van der Waals surface area contributed by atoms with Crippen LogP contribution in [0, 0.1) is 12.8 Å². The molecule has 146 valence electrons. The first-order valence-corrected chi connectivity index (χ1v) is 9.90. The number of ether oxygens (including phenoxy) is 1. The summed E-state index contributed by atoms with van der Waals surface area (Å²) in [7, 11) is 0. The molecular weight excluding hydrogens is 388 g/mol. The van der Waals surface area contributed by atoms with Crippen LogP contribution in [0.1, 0.15) is 26.3 Å². The molecule has 0 radical (unpaired) electrons. The third-order valence-electron chi connectivity index (χ3n) is 3.63. The van der Waals surface area contributed by atoms with Crippen LogP contribution >= 0.6 is 23.4 Å². The van der Waals surface area contributed by atoms with E-state index in [0.29, 0.717) is 22.6 Å². The molecule has 0 aliphatic heterocycles. The molecule has 0 aliphatic rings. The van der Waals surface area contributed by atoms with E-state index in [2.05, 4.69) is 15.5 Å². The summed E-state index contributed by atoms with van der Waals surface area (Å²) >= 11 is 7.35. The number of nitrogens with zero attached hydrogens (tertiary/aromatic N) is 3. The van der Waals surface area contributed by atoms with Gasteiger partial charge in [0.2, 0.25) is 0 Å². The van der Waals surface area contributed by atoms with Crippen molar-refractivity contribution >= 4 is 35.2 Å². The Labute approximate surface area is 167 Å². The van der Waals surface area contributed by atoms with Crippen molar-refractivity contribution in [1.82, 2.24) is 20.1 Å². The number of aromatic nitrogens is 3. The van der Waals surface area contributed by atoms with E-state index in [1.807, 2.05) is 39.0 Å². The number of carbonyl (C=O) groups excluding carboxylic acids is 2. The lowest BCUT2D eigenvalue weighted by Crippen LogP contribution is -2.37. The number of hydrogen-bond donors (Lipinski definition) is 1. The van der Waals surface area contributed by atoms with Crippen LogP contribution in [0.5, 0.6) is 0 Å². The van der Waals surface area contributed by atoms with Gasteiger partial charge >= 0.3 is 5.97 Å². The summed E-state index contributed by atoms with van der Waals surface area (Å²) < 4.78 is 6.91. The van der Waals surface area contributed by atoms with Gasteiger partial charge in [0.15, 0.2) is 11.3 Å². The largest absolute Gasteiger partial charge is 0.452 e. The van der Waals surface area contributed by atoms with Gasteiger partial charge in [0.25, 0.3) is 5.91 Å². The van der Waals surface area contributed by atoms with Gasteiger partial charge in [-0.25, -0.2) is 0 Å². The maximum Gasteiger partial charge on any atom is 0.317 e. The third kappa shape index (κ3) is 6.25. The average Bonchev–Trinajstić information content (AvgIpc) is 3.08. The highest BCUT2D eigenvalue weighted by Crippen LogP contribution is 2.23. The second-order valence-electron chi connectivity index (χ2n) is 6.48. The highest BCUT2D eigenvalue weighted by Gasteiger charge is 2.19. The van der Waals surface area contributed by atoms with Gasteiger partial charge in [0.1, 0.15) is 6.33 Å². The second kappa shape index (κ2) is 9.75. The second-order valence-corrected chi connectivity index (χ2v) is 7.83. The summed E-state index contributed by atoms with van der Waals surface area (Å²) in [5.41, 5.74) is 1.77. The first kappa shape index (κ1) is 21.2. The Hall–Kier alpha value is -2.06. The Morgan fingerprint density at radius 3 is 2.74 bits per heavy atom. The van der Waals surface area contributed by atoms with Gasteiger partial charge < -0.3 is 10.1 Å². The van der Waals surface area contributed by atoms with Crippen LogP contribution in [0.3, 0.4) is 0 Å². The Balaban J connectivity index is 1.92. The van der Waals surface area contributed by atoms with E-state index in [0.717, 1.165) is 11.3 Å². The minimum atomic E-state index is -0.842. The molecule has 0 fully saturated rings. The molecule has 0 spiro atoms. The maximum absolute atomic E-state index is 12.0. The zero-order chi connectivity index (χ0) is 20.0. The van der Waals surface area contributed by atoms with Crippen LogP contribution in [0.4, 0.5) is 0 Å². The van der Waals surface area contributed by atoms with Gasteiger partial charge in [0.05, 0.1) is 11.4 Å². The molecular formula is C18H23ClN4O3S. The first-order valence-electron chi connectivity index (χ1n) is 8.54. The zero-order valence-corrected chi connectivity index (χ0v) is 17.3. The number of halogens is 1. The summed E-state index contributed by atoms with van der Waals surface area (Å²) in [6, 6.07) is 5.61. The van der Waals surface area contributed by atoms with Crippen LogP contribution in [-0.4, -0.2) is 45.0 Å². The molecule has 1 amide bonds. The van der Waals surface area contributed by atoms with Crippen molar-refractivity contribution in [2.75, 3.05) is 12.3 Å². The lowest BCUT2D eigenvalue weighted by atomic mass is 10.2. The molecule has 7 nitrogen and oxygen atoms in total. The van der Waals surface area contributed by atoms with Crippen LogP contribution in [0.2, 0.25) is 5.02 Å². The molecule has 0 aliphatic carbocycles. The lowest BCUT2D eigenvalue weighted by Gasteiger charge is -2.14. The summed E-state index contributed by atoms with van der Waals surface area (Å²) in [5, 5.41) is 11.8. The van der Waals surface area contributed by atoms with Crippen LogP contribution < -0.4 is 5.32 Å². The monoisotopic (exact) mass is 410 g/mol. The summed E-state index contributed by atoms with van der Waals surface area (Å²) in [6.45, 7) is 7.99. The molecule has 2 rings (SSSR count). The fourth-order valence-electron chi connectivity index (χ4n) is 2.09. The zero-order valence-electron chi connectivity index (χ0n) is 15.7. The first-order chi connectivity index (χ1) is 12.8. The SMILES string of the molecule is Cc1ccc(-n2cnnc2SCC(=O)OC(C)C(=O)NCC(C)C)cc1Cl. The number of hydrogen-bond acceptors (Lipinski definition) is 6. The molecule has 1 N–H and O–H groups in total. The van der Waals surface area contributed by atoms with E-state index in [1.54, 1.807) is 17.8 Å². The van der Waals surface area contributed by atoms with E-state index < -0.39 is 12.1 Å². The van der Waals surface area contributed by atoms with Crippen LogP contribution in [-0.2, 0) is 14.3 Å². The van der Waals surface area contributed by atoms with E-state index >= 15 is 0 Å². The molecule has 1 heterocycles. The van der Waals surface area contributed by atoms with Crippen molar-refractivity contribution in [2.45, 2.75) is 39.0 Å². The number of amides is 1. The minimum absolute atomic E-state index is 0.0140. The highest BCUT2D eigenvalue weighted by molar-refractivity contribution is 7.99. The van der Waals surface area contributed by atoms with E-state index in [-0.39, 0.29) is 11.7 Å². The van der Waals surface area contributed by atoms with Gasteiger partial charge in [-0.05, 0) is 37.5 Å². The molecule has 9 heteroatoms. The fraction of sp³-hybridized carbons (Fsp3) is 0.444. The molecule has 0 bridgehead atoms. The number of carbonyl (C=O) groups is 2. The summed E-state index contributed by atoms with van der Waals surface area (Å²) in [5.74, 6) is -0.461. The predicted octanol–water partition coefficient (Wildman–Crippen LogP) is 3.03. The number of esters is 1. The van der Waals surface area contributed by atoms with E-state index in [9.17, 15) is 9.59 Å². The highest BCUT2D eigenvalue weighted by atomic mass is 35.5. The molecule has 0 saturated carbocycles. The van der Waals surface area contributed by atoms with Crippen LogP contribution in [0.15, 0.2) is 29.7 Å². The number of aryl methyl sites for hydroxylation is 1. The summed E-state index contributed by atoms with van der Waals surface area (Å²) in [6.07, 6.45) is 0.710. The van der Waals surface area contributed by atoms with Crippen molar-refractivity contribution in [3.8, 4) is 5.69 Å². The van der Waals surface area contributed by atoms with Crippen molar-refractivity contribution in [1.29, 1.82) is 0 Å². The Kier molecular flexibility index (Phi) is 7.67. The lowest BCUT2D eigenvalue weighted by molar-refractivity contribution is -0.152. The standard InChI is InChI=1S/C18H23ClN4O3S/c1-11(2)8-20-17(25)13(4)26-16(24)9-27-18-22-21-10-23(18)14-6-5-12(3)15(19)7-14/h5-7,10-11,13H,8-9H2,1-4H3,(H,20,25). The number of rotatable bonds is 8. The topological polar surface area (TPSA) is 86.1 Å². The Morgan fingerprint density at radius 2 is 2.07 bits per heavy atom. The molecule has 1 aromatic heterocycles. The Morgan fingerprint density at radius 1 is 1.33 bits per heavy atom. The normalized spacial score (nSPS) is 12.1. The molecule has 2 aromatic rings. The minimum Gasteiger partial charge on any atom is -0.452 e. The number of nitrogens with one attached hydrogen (secondary N) is 1. The quantitative estimate of drug-likeness (QED) is 0.531. The van der Waals surface area contributed by atoms with Crippen LogP contribution in [0.25, 0.3) is 5.69 Å². The fourth-order valence-corrected chi connectivity index (χ4v) is 2.97. The average molecular weight is 411 g/mol. The maximum atomic E-state index is 12.0. The number of thioether (sulfide) groups is 1. The molecule has 1 aromatic carbocycles. The molecule has 1 unspecified atom stereocenters. The van der Waals surface area contributed by atoms with Gasteiger partial charge in [0, 0.05) is 11.6 Å².